The van der Waals surface area contributed by atoms with Crippen molar-refractivity contribution >= 4 is 5.91 Å². The summed E-state index contributed by atoms with van der Waals surface area (Å²) in [5.74, 6) is 0.697. The molecular formula is C15H14N2O2. The predicted octanol–water partition coefficient (Wildman–Crippen LogP) is 2.34. The Labute approximate surface area is 111 Å². The molecule has 0 aliphatic carbocycles. The Bertz CT molecular complexity index is 584. The van der Waals surface area contributed by atoms with Gasteiger partial charge >= 0.3 is 0 Å². The first kappa shape index (κ1) is 11.7. The minimum atomic E-state index is -0.151. The van der Waals surface area contributed by atoms with Crippen molar-refractivity contribution in [2.45, 2.75) is 12.5 Å². The van der Waals surface area contributed by atoms with Crippen LogP contribution in [0.5, 0.6) is 5.75 Å². The van der Waals surface area contributed by atoms with Gasteiger partial charge in [-0.2, -0.15) is 0 Å². The Morgan fingerprint density at radius 3 is 2.89 bits per heavy atom. The number of amides is 1. The number of nitrogens with one attached hydrogen (secondary N) is 1. The number of pyridine rings is 1. The van der Waals surface area contributed by atoms with Crippen LogP contribution in [0.3, 0.4) is 0 Å². The van der Waals surface area contributed by atoms with Gasteiger partial charge in [0.15, 0.2) is 0 Å². The number of rotatable bonds is 2. The number of para-hydroxylation sites is 1. The maximum atomic E-state index is 12.1. The fraction of sp³-hybridized carbons (Fsp3) is 0.200. The van der Waals surface area contributed by atoms with E-state index >= 15 is 0 Å². The van der Waals surface area contributed by atoms with Crippen molar-refractivity contribution in [2.75, 3.05) is 6.61 Å². The number of ether oxygens (including phenoxy) is 1. The molecule has 1 aliphatic heterocycles. The molecule has 1 aromatic carbocycles. The first-order chi connectivity index (χ1) is 9.34. The number of fused-ring (bicyclic) bond motifs is 1. The molecule has 4 heteroatoms. The molecule has 0 fully saturated rings. The van der Waals surface area contributed by atoms with Crippen molar-refractivity contribution in [3.63, 3.8) is 0 Å². The van der Waals surface area contributed by atoms with Crippen molar-refractivity contribution in [3.8, 4) is 5.75 Å². The molecule has 2 heterocycles. The number of hydrogen-bond donors (Lipinski definition) is 1. The molecule has 1 atom stereocenters. The zero-order chi connectivity index (χ0) is 13.1. The summed E-state index contributed by atoms with van der Waals surface area (Å²) in [5.41, 5.74) is 1.46. The van der Waals surface area contributed by atoms with Crippen molar-refractivity contribution < 1.29 is 9.53 Å². The van der Waals surface area contributed by atoms with Crippen LogP contribution in [0.4, 0.5) is 0 Å². The first-order valence-electron chi connectivity index (χ1n) is 6.28. The molecule has 1 aromatic heterocycles. The smallest absolute Gasteiger partial charge is 0.270 e. The van der Waals surface area contributed by atoms with E-state index < -0.39 is 0 Å². The van der Waals surface area contributed by atoms with E-state index in [4.69, 9.17) is 4.74 Å². The van der Waals surface area contributed by atoms with Crippen LogP contribution in [0.25, 0.3) is 0 Å². The molecule has 3 rings (SSSR count). The molecule has 0 saturated heterocycles. The van der Waals surface area contributed by atoms with Gasteiger partial charge in [0, 0.05) is 18.2 Å². The predicted molar refractivity (Wildman–Crippen MR) is 71.0 cm³/mol. The molecule has 0 unspecified atom stereocenters. The topological polar surface area (TPSA) is 51.2 Å². The van der Waals surface area contributed by atoms with Gasteiger partial charge in [0.1, 0.15) is 11.4 Å². The highest BCUT2D eigenvalue weighted by Gasteiger charge is 2.23. The van der Waals surface area contributed by atoms with Crippen LogP contribution in [0.15, 0.2) is 48.7 Å². The third-order valence-electron chi connectivity index (χ3n) is 3.16. The minimum absolute atomic E-state index is 0.0144. The average Bonchev–Trinajstić information content (AvgIpc) is 2.48. The highest BCUT2D eigenvalue weighted by atomic mass is 16.5. The van der Waals surface area contributed by atoms with E-state index in [1.807, 2.05) is 24.3 Å². The minimum Gasteiger partial charge on any atom is -0.493 e. The Balaban J connectivity index is 1.80. The van der Waals surface area contributed by atoms with Crippen molar-refractivity contribution in [1.29, 1.82) is 0 Å². The first-order valence-corrected chi connectivity index (χ1v) is 6.28. The number of nitrogens with zero attached hydrogens (tertiary/aromatic N) is 1. The third-order valence-corrected chi connectivity index (χ3v) is 3.16. The number of benzene rings is 1. The van der Waals surface area contributed by atoms with E-state index in [1.54, 1.807) is 24.4 Å². The highest BCUT2D eigenvalue weighted by Crippen LogP contribution is 2.31. The van der Waals surface area contributed by atoms with Crippen molar-refractivity contribution in [2.24, 2.45) is 0 Å². The lowest BCUT2D eigenvalue weighted by molar-refractivity contribution is 0.0919. The second kappa shape index (κ2) is 5.10. The van der Waals surface area contributed by atoms with Gasteiger partial charge in [-0.05, 0) is 18.2 Å². The molecular weight excluding hydrogens is 240 g/mol. The molecule has 96 valence electrons. The van der Waals surface area contributed by atoms with E-state index in [9.17, 15) is 4.79 Å². The number of hydrogen-bond acceptors (Lipinski definition) is 3. The maximum absolute atomic E-state index is 12.1. The summed E-state index contributed by atoms with van der Waals surface area (Å²) < 4.78 is 5.57. The number of carbonyl (C=O) groups excluding carboxylic acids is 1. The van der Waals surface area contributed by atoms with E-state index in [0.717, 1.165) is 17.7 Å². The summed E-state index contributed by atoms with van der Waals surface area (Å²) in [5, 5.41) is 3.01. The van der Waals surface area contributed by atoms with Gasteiger partial charge < -0.3 is 10.1 Å². The normalized spacial score (nSPS) is 17.2. The van der Waals surface area contributed by atoms with Crippen LogP contribution < -0.4 is 10.1 Å². The van der Waals surface area contributed by atoms with Gasteiger partial charge in [-0.25, -0.2) is 0 Å². The summed E-state index contributed by atoms with van der Waals surface area (Å²) in [4.78, 5) is 16.2. The summed E-state index contributed by atoms with van der Waals surface area (Å²) >= 11 is 0. The summed E-state index contributed by atoms with van der Waals surface area (Å²) in [6.07, 6.45) is 2.39. The third kappa shape index (κ3) is 2.42. The lowest BCUT2D eigenvalue weighted by atomic mass is 10.0. The molecule has 4 nitrogen and oxygen atoms in total. The van der Waals surface area contributed by atoms with Gasteiger partial charge in [-0.15, -0.1) is 0 Å². The summed E-state index contributed by atoms with van der Waals surface area (Å²) in [6.45, 7) is 0.615. The monoisotopic (exact) mass is 254 g/mol. The fourth-order valence-electron chi connectivity index (χ4n) is 2.22. The second-order valence-electron chi connectivity index (χ2n) is 4.42. The molecule has 0 bridgehead atoms. The van der Waals surface area contributed by atoms with Gasteiger partial charge in [0.25, 0.3) is 5.91 Å². The van der Waals surface area contributed by atoms with E-state index in [0.29, 0.717) is 12.3 Å². The molecule has 1 amide bonds. The molecule has 1 aliphatic rings. The van der Waals surface area contributed by atoms with Gasteiger partial charge in [0.05, 0.1) is 12.6 Å². The van der Waals surface area contributed by atoms with Crippen LogP contribution in [0.2, 0.25) is 0 Å². The van der Waals surface area contributed by atoms with Crippen molar-refractivity contribution in [1.82, 2.24) is 10.3 Å². The quantitative estimate of drug-likeness (QED) is 0.895. The van der Waals surface area contributed by atoms with Gasteiger partial charge in [-0.3, -0.25) is 9.78 Å². The lowest BCUT2D eigenvalue weighted by Gasteiger charge is -2.26. The Morgan fingerprint density at radius 1 is 1.21 bits per heavy atom. The average molecular weight is 254 g/mol. The van der Waals surface area contributed by atoms with E-state index in [-0.39, 0.29) is 11.9 Å². The standard InChI is InChI=1S/C15H14N2O2/c18-15(13-6-3-4-9-16-13)17-12-8-10-19-14-7-2-1-5-11(12)14/h1-7,9,12H,8,10H2,(H,17,18)/t12-/m0/s1. The van der Waals surface area contributed by atoms with E-state index in [1.165, 1.54) is 0 Å². The van der Waals surface area contributed by atoms with Gasteiger partial charge in [0.2, 0.25) is 0 Å². The molecule has 0 saturated carbocycles. The summed E-state index contributed by atoms with van der Waals surface area (Å²) in [6, 6.07) is 13.1. The Kier molecular flexibility index (Phi) is 3.14. The van der Waals surface area contributed by atoms with Crippen LogP contribution in [0.1, 0.15) is 28.5 Å². The summed E-state index contributed by atoms with van der Waals surface area (Å²) in [7, 11) is 0. The molecule has 0 spiro atoms. The Hall–Kier alpha value is -2.36. The zero-order valence-corrected chi connectivity index (χ0v) is 10.4. The van der Waals surface area contributed by atoms with Crippen LogP contribution in [-0.2, 0) is 0 Å². The van der Waals surface area contributed by atoms with Crippen LogP contribution in [0, 0.1) is 0 Å². The molecule has 19 heavy (non-hydrogen) atoms. The molecule has 2 aromatic rings. The number of carbonyl (C=O) groups is 1. The number of aromatic nitrogens is 1. The second-order valence-corrected chi connectivity index (χ2v) is 4.42. The lowest BCUT2D eigenvalue weighted by Crippen LogP contribution is -2.32. The fourth-order valence-corrected chi connectivity index (χ4v) is 2.22. The largest absolute Gasteiger partial charge is 0.493 e. The maximum Gasteiger partial charge on any atom is 0.270 e. The SMILES string of the molecule is O=C(N[C@H]1CCOc2ccccc21)c1ccccn1. The van der Waals surface area contributed by atoms with Crippen LogP contribution in [-0.4, -0.2) is 17.5 Å². The highest BCUT2D eigenvalue weighted by molar-refractivity contribution is 5.92. The Morgan fingerprint density at radius 2 is 2.05 bits per heavy atom. The van der Waals surface area contributed by atoms with E-state index in [2.05, 4.69) is 10.3 Å². The van der Waals surface area contributed by atoms with Crippen LogP contribution >= 0.6 is 0 Å². The van der Waals surface area contributed by atoms with Crippen molar-refractivity contribution in [3.05, 3.63) is 59.9 Å². The zero-order valence-electron chi connectivity index (χ0n) is 10.4. The van der Waals surface area contributed by atoms with Gasteiger partial charge in [-0.1, -0.05) is 24.3 Å². The molecule has 0 radical (unpaired) electrons. The molecule has 1 N–H and O–H groups in total.